The van der Waals surface area contributed by atoms with Gasteiger partial charge >= 0.3 is 5.97 Å². The van der Waals surface area contributed by atoms with Gasteiger partial charge < -0.3 is 10.1 Å². The summed E-state index contributed by atoms with van der Waals surface area (Å²) in [5.74, 6) is -2.07. The van der Waals surface area contributed by atoms with Crippen LogP contribution in [-0.4, -0.2) is 41.2 Å². The molecule has 1 N–H and O–H groups in total. The molecule has 32 heavy (non-hydrogen) atoms. The van der Waals surface area contributed by atoms with E-state index in [9.17, 15) is 19.2 Å². The lowest BCUT2D eigenvalue weighted by molar-refractivity contribution is -0.162. The highest BCUT2D eigenvalue weighted by molar-refractivity contribution is 9.10. The number of amides is 3. The third-order valence-corrected chi connectivity index (χ3v) is 8.43. The molecular weight excluding hydrogens is 476 g/mol. The third kappa shape index (κ3) is 3.87. The summed E-state index contributed by atoms with van der Waals surface area (Å²) < 4.78 is 6.25. The van der Waals surface area contributed by atoms with Crippen molar-refractivity contribution in [2.45, 2.75) is 53.0 Å². The number of likely N-dealkylation sites (tertiary alicyclic amines) is 1. The van der Waals surface area contributed by atoms with Crippen molar-refractivity contribution in [2.24, 2.45) is 29.6 Å². The molecule has 3 aliphatic rings. The Bertz CT molecular complexity index is 940. The van der Waals surface area contributed by atoms with Crippen LogP contribution in [0, 0.1) is 43.4 Å². The minimum Gasteiger partial charge on any atom is -0.454 e. The van der Waals surface area contributed by atoms with Crippen LogP contribution in [0.15, 0.2) is 16.6 Å². The quantitative estimate of drug-likeness (QED) is 0.471. The second kappa shape index (κ2) is 8.61. The number of hydrogen-bond acceptors (Lipinski definition) is 5. The molecule has 1 saturated heterocycles. The molecule has 2 saturated carbocycles. The summed E-state index contributed by atoms with van der Waals surface area (Å²) in [6, 6.07) is 2.63. The van der Waals surface area contributed by atoms with Crippen LogP contribution >= 0.6 is 15.9 Å². The predicted octanol–water partition coefficient (Wildman–Crippen LogP) is 3.60. The van der Waals surface area contributed by atoms with Gasteiger partial charge in [-0.05, 0) is 74.1 Å². The smallest absolute Gasteiger partial charge is 0.330 e. The average Bonchev–Trinajstić information content (AvgIpc) is 3.40. The number of anilines is 1. The molecule has 4 rings (SSSR count). The van der Waals surface area contributed by atoms with Crippen LogP contribution < -0.4 is 5.32 Å². The Balaban J connectivity index is 1.41. The van der Waals surface area contributed by atoms with Crippen molar-refractivity contribution in [3.05, 3.63) is 27.7 Å². The molecule has 1 aromatic carbocycles. The molecule has 1 aliphatic heterocycles. The largest absolute Gasteiger partial charge is 0.454 e. The molecule has 5 atom stereocenters. The maximum absolute atomic E-state index is 13.1. The molecule has 172 valence electrons. The van der Waals surface area contributed by atoms with Crippen molar-refractivity contribution in [1.29, 1.82) is 0 Å². The molecule has 3 fully saturated rings. The van der Waals surface area contributed by atoms with E-state index in [1.807, 2.05) is 26.0 Å². The Hall–Kier alpha value is -2.22. The molecule has 1 heterocycles. The number of imide groups is 1. The van der Waals surface area contributed by atoms with Gasteiger partial charge in [-0.15, -0.1) is 0 Å². The van der Waals surface area contributed by atoms with E-state index in [0.717, 1.165) is 39.8 Å². The number of esters is 1. The summed E-state index contributed by atoms with van der Waals surface area (Å²) in [5.41, 5.74) is 2.56. The Kier molecular flexibility index (Phi) is 6.18. The van der Waals surface area contributed by atoms with Gasteiger partial charge in [0.15, 0.2) is 6.61 Å². The lowest BCUT2D eigenvalue weighted by atomic mass is 9.81. The van der Waals surface area contributed by atoms with Crippen molar-refractivity contribution in [3.8, 4) is 0 Å². The lowest BCUT2D eigenvalue weighted by Gasteiger charge is -2.28. The second-order valence-corrected chi connectivity index (χ2v) is 10.5. The molecule has 7 nitrogen and oxygen atoms in total. The number of carbonyl (C=O) groups is 4. The Morgan fingerprint density at radius 3 is 2.12 bits per heavy atom. The van der Waals surface area contributed by atoms with Crippen LogP contribution in [0.2, 0.25) is 0 Å². The van der Waals surface area contributed by atoms with Gasteiger partial charge in [0.2, 0.25) is 11.8 Å². The molecule has 2 bridgehead atoms. The average molecular weight is 505 g/mol. The highest BCUT2D eigenvalue weighted by atomic mass is 79.9. The minimum atomic E-state index is -1.01. The number of hydrogen-bond donors (Lipinski definition) is 1. The first-order chi connectivity index (χ1) is 15.1. The molecule has 8 heteroatoms. The number of benzene rings is 1. The first-order valence-corrected chi connectivity index (χ1v) is 12.0. The zero-order valence-electron chi connectivity index (χ0n) is 18.8. The van der Waals surface area contributed by atoms with Crippen LogP contribution in [0.4, 0.5) is 5.69 Å². The van der Waals surface area contributed by atoms with E-state index in [2.05, 4.69) is 21.2 Å². The van der Waals surface area contributed by atoms with Crippen LogP contribution in [0.25, 0.3) is 0 Å². The first-order valence-electron chi connectivity index (χ1n) is 11.2. The molecule has 3 amide bonds. The van der Waals surface area contributed by atoms with Crippen molar-refractivity contribution >= 4 is 45.3 Å². The zero-order valence-corrected chi connectivity index (χ0v) is 20.4. The molecular formula is C24H29BrN2O5. The highest BCUT2D eigenvalue weighted by Gasteiger charge is 2.62. The Labute approximate surface area is 196 Å². The maximum atomic E-state index is 13.1. The van der Waals surface area contributed by atoms with Gasteiger partial charge in [-0.2, -0.15) is 0 Å². The summed E-state index contributed by atoms with van der Waals surface area (Å²) in [6.45, 7) is 6.92. The summed E-state index contributed by atoms with van der Waals surface area (Å²) in [4.78, 5) is 52.7. The monoisotopic (exact) mass is 504 g/mol. The van der Waals surface area contributed by atoms with Crippen LogP contribution in [0.5, 0.6) is 0 Å². The van der Waals surface area contributed by atoms with E-state index in [1.165, 1.54) is 0 Å². The number of aryl methyl sites for hydroxylation is 2. The summed E-state index contributed by atoms with van der Waals surface area (Å²) in [5, 5.41) is 2.73. The van der Waals surface area contributed by atoms with Gasteiger partial charge in [-0.3, -0.25) is 19.3 Å². The van der Waals surface area contributed by atoms with E-state index < -0.39 is 24.5 Å². The Morgan fingerprint density at radius 2 is 1.62 bits per heavy atom. The predicted molar refractivity (Wildman–Crippen MR) is 121 cm³/mol. The fourth-order valence-corrected chi connectivity index (χ4v) is 6.05. The lowest BCUT2D eigenvalue weighted by Crippen LogP contribution is -2.50. The molecule has 0 unspecified atom stereocenters. The van der Waals surface area contributed by atoms with Gasteiger partial charge in [0, 0.05) is 10.2 Å². The number of ether oxygens (including phenoxy) is 1. The SMILES string of the molecule is Cc1cc(NC(=O)COC(=O)[C@@H](C(C)C)N2C(=O)[C@@H]3[C@H]4CC[C@@H](C4)[C@@H]3C2=O)cc(C)c1Br. The third-order valence-electron chi connectivity index (χ3n) is 7.18. The van der Waals surface area contributed by atoms with Crippen molar-refractivity contribution in [3.63, 3.8) is 0 Å². The standard InChI is InChI=1S/C24H29BrN2O5/c1-11(2)21(27-22(29)18-14-5-6-15(9-14)19(18)23(27)30)24(31)32-10-17(28)26-16-7-12(3)20(25)13(4)8-16/h7-8,11,14-15,18-19,21H,5-6,9-10H2,1-4H3,(H,26,28)/t14-,15-,18-,19+,21+/m0/s1. The van der Waals surface area contributed by atoms with Gasteiger partial charge in [0.1, 0.15) is 6.04 Å². The minimum absolute atomic E-state index is 0.242. The number of nitrogens with zero attached hydrogens (tertiary/aromatic N) is 1. The van der Waals surface area contributed by atoms with Crippen molar-refractivity contribution in [2.75, 3.05) is 11.9 Å². The number of rotatable bonds is 6. The van der Waals surface area contributed by atoms with E-state index in [-0.39, 0.29) is 41.4 Å². The molecule has 0 aromatic heterocycles. The van der Waals surface area contributed by atoms with Gasteiger partial charge in [0.25, 0.3) is 5.91 Å². The number of nitrogens with one attached hydrogen (secondary N) is 1. The number of carbonyl (C=O) groups excluding carboxylic acids is 4. The fourth-order valence-electron chi connectivity index (χ4n) is 5.82. The maximum Gasteiger partial charge on any atom is 0.330 e. The fraction of sp³-hybridized carbons (Fsp3) is 0.583. The Morgan fingerprint density at radius 1 is 1.09 bits per heavy atom. The van der Waals surface area contributed by atoms with E-state index >= 15 is 0 Å². The molecule has 2 aliphatic carbocycles. The summed E-state index contributed by atoms with van der Waals surface area (Å²) in [7, 11) is 0. The van der Waals surface area contributed by atoms with Gasteiger partial charge in [-0.25, -0.2) is 4.79 Å². The van der Waals surface area contributed by atoms with E-state index in [4.69, 9.17) is 4.74 Å². The summed E-state index contributed by atoms with van der Waals surface area (Å²) >= 11 is 3.49. The molecule has 0 radical (unpaired) electrons. The van der Waals surface area contributed by atoms with Crippen LogP contribution in [-0.2, 0) is 23.9 Å². The highest BCUT2D eigenvalue weighted by Crippen LogP contribution is 2.56. The van der Waals surface area contributed by atoms with Crippen molar-refractivity contribution in [1.82, 2.24) is 4.90 Å². The van der Waals surface area contributed by atoms with Crippen molar-refractivity contribution < 1.29 is 23.9 Å². The molecule has 0 spiro atoms. The second-order valence-electron chi connectivity index (χ2n) is 9.70. The normalized spacial score (nSPS) is 27.1. The molecule has 1 aromatic rings. The summed E-state index contributed by atoms with van der Waals surface area (Å²) in [6.07, 6.45) is 2.89. The van der Waals surface area contributed by atoms with E-state index in [0.29, 0.717) is 5.69 Å². The zero-order chi connectivity index (χ0) is 23.3. The number of fused-ring (bicyclic) bond motifs is 5. The van der Waals surface area contributed by atoms with E-state index in [1.54, 1.807) is 13.8 Å². The van der Waals surface area contributed by atoms with Gasteiger partial charge in [0.05, 0.1) is 11.8 Å². The first kappa shape index (κ1) is 23.0. The van der Waals surface area contributed by atoms with Gasteiger partial charge in [-0.1, -0.05) is 29.8 Å². The van der Waals surface area contributed by atoms with Crippen LogP contribution in [0.1, 0.15) is 44.2 Å². The van der Waals surface area contributed by atoms with Crippen LogP contribution in [0.3, 0.4) is 0 Å². The topological polar surface area (TPSA) is 92.8 Å². The number of halogens is 1.